The van der Waals surface area contributed by atoms with Gasteiger partial charge in [-0.3, -0.25) is 4.79 Å². The summed E-state index contributed by atoms with van der Waals surface area (Å²) in [5.74, 6) is -0.157. The molecule has 0 aromatic heterocycles. The highest BCUT2D eigenvalue weighted by molar-refractivity contribution is 5.72. The van der Waals surface area contributed by atoms with Crippen LogP contribution in [0.5, 0.6) is 0 Å². The Hall–Kier alpha value is -0.610. The molecule has 4 heteroatoms. The van der Waals surface area contributed by atoms with E-state index in [1.807, 2.05) is 6.92 Å². The second-order valence-electron chi connectivity index (χ2n) is 3.20. The molecular weight excluding hydrogens is 170 g/mol. The van der Waals surface area contributed by atoms with Crippen molar-refractivity contribution in [2.75, 3.05) is 26.8 Å². The highest BCUT2D eigenvalue weighted by Gasteiger charge is 2.27. The van der Waals surface area contributed by atoms with Crippen molar-refractivity contribution in [2.45, 2.75) is 19.4 Å². The lowest BCUT2D eigenvalue weighted by atomic mass is 9.98. The average molecular weight is 187 g/mol. The summed E-state index contributed by atoms with van der Waals surface area (Å²) < 4.78 is 10.1. The first-order valence-electron chi connectivity index (χ1n) is 4.68. The highest BCUT2D eigenvalue weighted by Crippen LogP contribution is 2.14. The van der Waals surface area contributed by atoms with Crippen molar-refractivity contribution >= 4 is 5.97 Å². The topological polar surface area (TPSA) is 47.6 Å². The number of rotatable bonds is 3. The smallest absolute Gasteiger partial charge is 0.310 e. The summed E-state index contributed by atoms with van der Waals surface area (Å²) in [4.78, 5) is 11.3. The zero-order valence-corrected chi connectivity index (χ0v) is 8.21. The third-order valence-corrected chi connectivity index (χ3v) is 2.26. The maximum atomic E-state index is 11.3. The number of esters is 1. The fourth-order valence-electron chi connectivity index (χ4n) is 1.52. The van der Waals surface area contributed by atoms with Crippen molar-refractivity contribution in [3.05, 3.63) is 0 Å². The lowest BCUT2D eigenvalue weighted by Crippen LogP contribution is -2.43. The van der Waals surface area contributed by atoms with Crippen molar-refractivity contribution in [2.24, 2.45) is 5.92 Å². The molecule has 1 aliphatic heterocycles. The summed E-state index contributed by atoms with van der Waals surface area (Å²) in [5.41, 5.74) is 0. The summed E-state index contributed by atoms with van der Waals surface area (Å²) in [6.45, 7) is 3.81. The molecule has 2 atom stereocenters. The van der Waals surface area contributed by atoms with E-state index in [1.54, 1.807) is 7.11 Å². The molecule has 1 rings (SSSR count). The largest absolute Gasteiger partial charge is 0.466 e. The zero-order valence-electron chi connectivity index (χ0n) is 8.21. The van der Waals surface area contributed by atoms with E-state index in [0.717, 1.165) is 13.0 Å². The van der Waals surface area contributed by atoms with Gasteiger partial charge in [-0.05, 0) is 13.3 Å². The minimum absolute atomic E-state index is 0.0429. The van der Waals surface area contributed by atoms with Crippen LogP contribution < -0.4 is 5.32 Å². The molecule has 1 heterocycles. The van der Waals surface area contributed by atoms with E-state index < -0.39 is 0 Å². The Morgan fingerprint density at radius 2 is 2.31 bits per heavy atom. The summed E-state index contributed by atoms with van der Waals surface area (Å²) in [6.07, 6.45) is 0.908. The molecule has 1 saturated heterocycles. The minimum atomic E-state index is -0.114. The molecule has 0 saturated carbocycles. The Morgan fingerprint density at radius 1 is 1.54 bits per heavy atom. The monoisotopic (exact) mass is 187 g/mol. The van der Waals surface area contributed by atoms with Gasteiger partial charge >= 0.3 is 5.97 Å². The Labute approximate surface area is 78.6 Å². The first-order valence-corrected chi connectivity index (χ1v) is 4.68. The van der Waals surface area contributed by atoms with E-state index in [-0.39, 0.29) is 18.0 Å². The Bertz CT molecular complexity index is 172. The van der Waals surface area contributed by atoms with E-state index in [4.69, 9.17) is 9.47 Å². The predicted molar refractivity (Wildman–Crippen MR) is 48.4 cm³/mol. The molecule has 0 bridgehead atoms. The van der Waals surface area contributed by atoms with Crippen molar-refractivity contribution in [1.29, 1.82) is 0 Å². The van der Waals surface area contributed by atoms with Gasteiger partial charge < -0.3 is 14.8 Å². The van der Waals surface area contributed by atoms with Crippen LogP contribution in [0, 0.1) is 5.92 Å². The van der Waals surface area contributed by atoms with Crippen molar-refractivity contribution in [3.63, 3.8) is 0 Å². The molecule has 0 aromatic carbocycles. The second-order valence-corrected chi connectivity index (χ2v) is 3.20. The first kappa shape index (κ1) is 10.5. The van der Waals surface area contributed by atoms with Crippen LogP contribution in [0.2, 0.25) is 0 Å². The number of ether oxygens (including phenoxy) is 2. The molecule has 0 aliphatic carbocycles. The SMILES string of the molecule is CCOC(=O)C1CNCC(OC)C1. The molecule has 1 aliphatic rings. The Balaban J connectivity index is 2.37. The van der Waals surface area contributed by atoms with Gasteiger partial charge in [0.25, 0.3) is 0 Å². The maximum absolute atomic E-state index is 11.3. The minimum Gasteiger partial charge on any atom is -0.466 e. The van der Waals surface area contributed by atoms with Crippen LogP contribution in [-0.4, -0.2) is 38.9 Å². The number of carbonyl (C=O) groups is 1. The first-order chi connectivity index (χ1) is 6.27. The predicted octanol–water partition coefficient (Wildman–Crippen LogP) is 0.174. The van der Waals surface area contributed by atoms with E-state index >= 15 is 0 Å². The molecule has 1 fully saturated rings. The van der Waals surface area contributed by atoms with Crippen molar-refractivity contribution < 1.29 is 14.3 Å². The molecule has 0 spiro atoms. The molecule has 0 aromatic rings. The fraction of sp³-hybridized carbons (Fsp3) is 0.889. The van der Waals surface area contributed by atoms with Gasteiger partial charge in [0.15, 0.2) is 0 Å². The summed E-state index contributed by atoms with van der Waals surface area (Å²) in [5, 5.41) is 3.15. The summed E-state index contributed by atoms with van der Waals surface area (Å²) in [7, 11) is 1.67. The zero-order chi connectivity index (χ0) is 9.68. The van der Waals surface area contributed by atoms with E-state index in [0.29, 0.717) is 13.2 Å². The van der Waals surface area contributed by atoms with E-state index in [2.05, 4.69) is 5.32 Å². The Morgan fingerprint density at radius 3 is 2.92 bits per heavy atom. The fourth-order valence-corrected chi connectivity index (χ4v) is 1.52. The van der Waals surface area contributed by atoms with Crippen LogP contribution >= 0.6 is 0 Å². The molecular formula is C9H17NO3. The van der Waals surface area contributed by atoms with Crippen LogP contribution in [-0.2, 0) is 14.3 Å². The lowest BCUT2D eigenvalue weighted by molar-refractivity contribution is -0.150. The summed E-state index contributed by atoms with van der Waals surface area (Å²) >= 11 is 0. The molecule has 76 valence electrons. The van der Waals surface area contributed by atoms with Gasteiger partial charge in [-0.1, -0.05) is 0 Å². The van der Waals surface area contributed by atoms with Gasteiger partial charge in [-0.25, -0.2) is 0 Å². The third kappa shape index (κ3) is 2.97. The molecule has 13 heavy (non-hydrogen) atoms. The van der Waals surface area contributed by atoms with Crippen molar-refractivity contribution in [1.82, 2.24) is 5.32 Å². The molecule has 0 amide bonds. The normalized spacial score (nSPS) is 28.5. The lowest BCUT2D eigenvalue weighted by Gasteiger charge is -2.27. The number of hydrogen-bond acceptors (Lipinski definition) is 4. The molecule has 2 unspecified atom stereocenters. The highest BCUT2D eigenvalue weighted by atomic mass is 16.5. The van der Waals surface area contributed by atoms with Gasteiger partial charge in [0.2, 0.25) is 0 Å². The van der Waals surface area contributed by atoms with Gasteiger partial charge in [0, 0.05) is 20.2 Å². The van der Waals surface area contributed by atoms with Crippen LogP contribution in [0.4, 0.5) is 0 Å². The van der Waals surface area contributed by atoms with Crippen LogP contribution in [0.15, 0.2) is 0 Å². The molecule has 1 N–H and O–H groups in total. The van der Waals surface area contributed by atoms with E-state index in [9.17, 15) is 4.79 Å². The summed E-state index contributed by atoms with van der Waals surface area (Å²) in [6, 6.07) is 0. The van der Waals surface area contributed by atoms with Gasteiger partial charge in [0.05, 0.1) is 18.6 Å². The number of methoxy groups -OCH3 is 1. The Kier molecular flexibility index (Phi) is 4.18. The number of carbonyl (C=O) groups excluding carboxylic acids is 1. The number of piperidine rings is 1. The maximum Gasteiger partial charge on any atom is 0.310 e. The second kappa shape index (κ2) is 5.19. The van der Waals surface area contributed by atoms with E-state index in [1.165, 1.54) is 0 Å². The average Bonchev–Trinajstić information content (AvgIpc) is 2.18. The molecule has 4 nitrogen and oxygen atoms in total. The number of hydrogen-bond donors (Lipinski definition) is 1. The number of nitrogens with one attached hydrogen (secondary N) is 1. The van der Waals surface area contributed by atoms with Crippen LogP contribution in [0.25, 0.3) is 0 Å². The third-order valence-electron chi connectivity index (χ3n) is 2.26. The standard InChI is InChI=1S/C9H17NO3/c1-3-13-9(11)7-4-8(12-2)6-10-5-7/h7-8,10H,3-6H2,1-2H3. The van der Waals surface area contributed by atoms with Crippen molar-refractivity contribution in [3.8, 4) is 0 Å². The van der Waals surface area contributed by atoms with Gasteiger partial charge in [-0.2, -0.15) is 0 Å². The van der Waals surface area contributed by atoms with Gasteiger partial charge in [0.1, 0.15) is 0 Å². The van der Waals surface area contributed by atoms with Crippen LogP contribution in [0.1, 0.15) is 13.3 Å². The van der Waals surface area contributed by atoms with Gasteiger partial charge in [-0.15, -0.1) is 0 Å². The molecule has 0 radical (unpaired) electrons. The quantitative estimate of drug-likeness (QED) is 0.640. The van der Waals surface area contributed by atoms with Crippen LogP contribution in [0.3, 0.4) is 0 Å².